The van der Waals surface area contributed by atoms with Gasteiger partial charge >= 0.3 is 5.97 Å². The van der Waals surface area contributed by atoms with E-state index in [9.17, 15) is 9.90 Å². The van der Waals surface area contributed by atoms with E-state index in [2.05, 4.69) is 18.7 Å². The van der Waals surface area contributed by atoms with Crippen molar-refractivity contribution in [2.24, 2.45) is 0 Å². The lowest BCUT2D eigenvalue weighted by molar-refractivity contribution is -0.132. The molecule has 0 unspecified atom stereocenters. The van der Waals surface area contributed by atoms with Crippen molar-refractivity contribution in [2.75, 3.05) is 19.6 Å². The largest absolute Gasteiger partial charge is 0.478 e. The third-order valence-electron chi connectivity index (χ3n) is 4.91. The molecule has 1 N–H and O–H groups in total. The number of rotatable bonds is 18. The van der Waals surface area contributed by atoms with E-state index >= 15 is 0 Å². The molecule has 0 aliphatic carbocycles. The van der Waals surface area contributed by atoms with Crippen molar-refractivity contribution in [3.8, 4) is 0 Å². The minimum Gasteiger partial charge on any atom is -0.478 e. The van der Waals surface area contributed by atoms with Crippen molar-refractivity contribution in [3.63, 3.8) is 0 Å². The zero-order valence-corrected chi connectivity index (χ0v) is 17.2. The molecule has 0 spiro atoms. The number of hydrogen-bond acceptors (Lipinski definition) is 2. The number of carboxylic acid groups (broad SMARTS) is 1. The van der Waals surface area contributed by atoms with E-state index < -0.39 is 5.97 Å². The fraction of sp³-hybridized carbons (Fsp3) is 0.864. The van der Waals surface area contributed by atoms with Crippen LogP contribution in [-0.4, -0.2) is 35.6 Å². The molecule has 0 rings (SSSR count). The lowest BCUT2D eigenvalue weighted by Gasteiger charge is -2.21. The fourth-order valence-electron chi connectivity index (χ4n) is 3.15. The van der Waals surface area contributed by atoms with Crippen LogP contribution < -0.4 is 0 Å². The van der Waals surface area contributed by atoms with Crippen LogP contribution in [-0.2, 0) is 4.79 Å². The van der Waals surface area contributed by atoms with E-state index in [1.807, 2.05) is 13.0 Å². The van der Waals surface area contributed by atoms with Crippen LogP contribution in [0.1, 0.15) is 104 Å². The van der Waals surface area contributed by atoms with E-state index in [1.54, 1.807) is 0 Å². The maximum atomic E-state index is 11.2. The molecule has 0 atom stereocenters. The Morgan fingerprint density at radius 3 is 1.60 bits per heavy atom. The molecule has 0 heterocycles. The summed E-state index contributed by atoms with van der Waals surface area (Å²) in [5, 5.41) is 9.19. The van der Waals surface area contributed by atoms with Gasteiger partial charge in [-0.2, -0.15) is 0 Å². The quantitative estimate of drug-likeness (QED) is 0.228. The first-order chi connectivity index (χ1) is 12.2. The maximum absolute atomic E-state index is 11.2. The number of aliphatic carboxylic acids is 1. The first-order valence-corrected chi connectivity index (χ1v) is 10.8. The Hall–Kier alpha value is -0.830. The van der Waals surface area contributed by atoms with Gasteiger partial charge in [0.25, 0.3) is 0 Å². The molecule has 25 heavy (non-hydrogen) atoms. The summed E-state index contributed by atoms with van der Waals surface area (Å²) < 4.78 is 0. The Balaban J connectivity index is 4.18. The van der Waals surface area contributed by atoms with Crippen molar-refractivity contribution >= 4 is 5.97 Å². The van der Waals surface area contributed by atoms with Gasteiger partial charge < -0.3 is 5.11 Å². The zero-order chi connectivity index (χ0) is 18.8. The van der Waals surface area contributed by atoms with Gasteiger partial charge in [-0.25, -0.2) is 4.79 Å². The molecule has 0 amide bonds. The summed E-state index contributed by atoms with van der Waals surface area (Å²) >= 11 is 0. The summed E-state index contributed by atoms with van der Waals surface area (Å²) in [4.78, 5) is 13.6. The molecule has 0 radical (unpaired) electrons. The van der Waals surface area contributed by atoms with Crippen LogP contribution in [0.3, 0.4) is 0 Å². The van der Waals surface area contributed by atoms with Gasteiger partial charge in [-0.05, 0) is 32.4 Å². The average Bonchev–Trinajstić information content (AvgIpc) is 2.60. The van der Waals surface area contributed by atoms with Crippen LogP contribution in [0.5, 0.6) is 0 Å². The standard InChI is InChI=1S/C22H43NO2/c1-4-7-9-11-13-15-18-23(19-16-14-12-10-8-5-2)20-17-21(6-3)22(24)25/h17H,4-16,18-20H2,1-3H3,(H,24,25). The van der Waals surface area contributed by atoms with Crippen molar-refractivity contribution < 1.29 is 9.90 Å². The van der Waals surface area contributed by atoms with E-state index in [4.69, 9.17) is 0 Å². The van der Waals surface area contributed by atoms with Gasteiger partial charge in [0.2, 0.25) is 0 Å². The van der Waals surface area contributed by atoms with Crippen molar-refractivity contribution in [1.82, 2.24) is 4.90 Å². The van der Waals surface area contributed by atoms with Crippen LogP contribution in [0.25, 0.3) is 0 Å². The smallest absolute Gasteiger partial charge is 0.331 e. The van der Waals surface area contributed by atoms with Crippen LogP contribution in [0.4, 0.5) is 0 Å². The Bertz CT molecular complexity index is 323. The molecule has 0 aromatic carbocycles. The van der Waals surface area contributed by atoms with Gasteiger partial charge in [-0.3, -0.25) is 4.90 Å². The van der Waals surface area contributed by atoms with E-state index in [1.165, 1.54) is 77.0 Å². The predicted octanol–water partition coefficient (Wildman–Crippen LogP) is 6.43. The number of carboxylic acids is 1. The van der Waals surface area contributed by atoms with Crippen molar-refractivity contribution in [2.45, 2.75) is 104 Å². The van der Waals surface area contributed by atoms with Crippen LogP contribution in [0.15, 0.2) is 11.6 Å². The topological polar surface area (TPSA) is 40.5 Å². The molecule has 0 saturated heterocycles. The van der Waals surface area contributed by atoms with Gasteiger partial charge in [-0.15, -0.1) is 0 Å². The Morgan fingerprint density at radius 2 is 1.20 bits per heavy atom. The summed E-state index contributed by atoms with van der Waals surface area (Å²) in [6, 6.07) is 0. The number of nitrogens with zero attached hydrogens (tertiary/aromatic N) is 1. The van der Waals surface area contributed by atoms with Crippen LogP contribution >= 0.6 is 0 Å². The minimum absolute atomic E-state index is 0.552. The summed E-state index contributed by atoms with van der Waals surface area (Å²) in [5.41, 5.74) is 0.552. The van der Waals surface area contributed by atoms with Gasteiger partial charge in [0.05, 0.1) is 0 Å². The monoisotopic (exact) mass is 353 g/mol. The second-order valence-electron chi connectivity index (χ2n) is 7.22. The van der Waals surface area contributed by atoms with Crippen molar-refractivity contribution in [3.05, 3.63) is 11.6 Å². The third kappa shape index (κ3) is 15.2. The molecular formula is C22H43NO2. The number of hydrogen-bond donors (Lipinski definition) is 1. The lowest BCUT2D eigenvalue weighted by Crippen LogP contribution is -2.27. The molecule has 0 bridgehead atoms. The summed E-state index contributed by atoms with van der Waals surface area (Å²) in [7, 11) is 0. The van der Waals surface area contributed by atoms with E-state index in [-0.39, 0.29) is 0 Å². The molecule has 3 heteroatoms. The molecule has 0 aliphatic rings. The first-order valence-electron chi connectivity index (χ1n) is 10.8. The number of unbranched alkanes of at least 4 members (excludes halogenated alkanes) is 10. The molecule has 3 nitrogen and oxygen atoms in total. The summed E-state index contributed by atoms with van der Waals surface area (Å²) in [6.45, 7) is 9.43. The minimum atomic E-state index is -0.762. The average molecular weight is 354 g/mol. The Kier molecular flexibility index (Phi) is 17.4. The summed E-state index contributed by atoms with van der Waals surface area (Å²) in [6.07, 6.45) is 18.3. The highest BCUT2D eigenvalue weighted by Crippen LogP contribution is 2.10. The maximum Gasteiger partial charge on any atom is 0.331 e. The highest BCUT2D eigenvalue weighted by molar-refractivity contribution is 5.86. The van der Waals surface area contributed by atoms with Gasteiger partial charge in [0, 0.05) is 12.1 Å². The van der Waals surface area contributed by atoms with Gasteiger partial charge in [-0.1, -0.05) is 91.1 Å². The predicted molar refractivity (Wildman–Crippen MR) is 109 cm³/mol. The second-order valence-corrected chi connectivity index (χ2v) is 7.22. The van der Waals surface area contributed by atoms with Crippen LogP contribution in [0, 0.1) is 0 Å². The molecule has 0 saturated carbocycles. The van der Waals surface area contributed by atoms with Crippen molar-refractivity contribution in [1.29, 1.82) is 0 Å². The molecule has 0 aromatic rings. The lowest BCUT2D eigenvalue weighted by atomic mass is 10.1. The third-order valence-corrected chi connectivity index (χ3v) is 4.91. The Morgan fingerprint density at radius 1 is 0.760 bits per heavy atom. The molecule has 0 aliphatic heterocycles. The molecular weight excluding hydrogens is 310 g/mol. The molecule has 148 valence electrons. The molecule has 0 aromatic heterocycles. The van der Waals surface area contributed by atoms with Crippen LogP contribution in [0.2, 0.25) is 0 Å². The Labute approximate surface area is 156 Å². The number of carbonyl (C=O) groups is 1. The second kappa shape index (κ2) is 18.0. The van der Waals surface area contributed by atoms with Gasteiger partial charge in [0.1, 0.15) is 0 Å². The van der Waals surface area contributed by atoms with E-state index in [0.717, 1.165) is 19.6 Å². The fourth-order valence-corrected chi connectivity index (χ4v) is 3.15. The molecule has 0 fully saturated rings. The SMILES string of the molecule is CCCCCCCCN(CC=C(CC)C(=O)O)CCCCCCCC. The van der Waals surface area contributed by atoms with Gasteiger partial charge in [0.15, 0.2) is 0 Å². The normalized spacial score (nSPS) is 12.1. The summed E-state index contributed by atoms with van der Waals surface area (Å²) in [5.74, 6) is -0.762. The highest BCUT2D eigenvalue weighted by atomic mass is 16.4. The zero-order valence-electron chi connectivity index (χ0n) is 17.2. The van der Waals surface area contributed by atoms with E-state index in [0.29, 0.717) is 12.0 Å². The first kappa shape index (κ1) is 24.2. The highest BCUT2D eigenvalue weighted by Gasteiger charge is 2.07.